The van der Waals surface area contributed by atoms with Crippen molar-refractivity contribution >= 4 is 17.1 Å². The summed E-state index contributed by atoms with van der Waals surface area (Å²) in [6.07, 6.45) is 0. The summed E-state index contributed by atoms with van der Waals surface area (Å²) >= 11 is 0. The highest BCUT2D eigenvalue weighted by Crippen LogP contribution is 2.64. The Morgan fingerprint density at radius 2 is 0.623 bits per heavy atom. The SMILES string of the molecule is c1ccc(-c2ccc(N(c3ccc4c(c3)-c3ccccc3C4(c3ccccc3)c3ccccc3)c3ccc4c(c3)C3(c5ccccc5-c5ccccc53)c3ccccc3-4)c(-c3ccccc3)c2)cc1. The molecule has 0 N–H and O–H groups in total. The predicted octanol–water partition coefficient (Wildman–Crippen LogP) is 17.2. The van der Waals surface area contributed by atoms with Crippen molar-refractivity contribution in [2.75, 3.05) is 4.90 Å². The van der Waals surface area contributed by atoms with Gasteiger partial charge < -0.3 is 4.90 Å². The number of nitrogens with zero attached hydrogens (tertiary/aromatic N) is 1. The third kappa shape index (κ3) is 5.59. The number of anilines is 3. The maximum absolute atomic E-state index is 2.54. The Hall–Kier alpha value is -8.78. The Morgan fingerprint density at radius 3 is 1.17 bits per heavy atom. The van der Waals surface area contributed by atoms with E-state index in [1.807, 2.05) is 0 Å². The molecule has 0 saturated carbocycles. The highest BCUT2D eigenvalue weighted by molar-refractivity contribution is 5.98. The molecule has 0 aromatic heterocycles. The standard InChI is InChI=1S/C68H45N/c1-5-21-46(22-6-1)48-37-42-66(58(43-48)47-23-7-2-8-24-47)69(51-39-41-64-59(44-51)56-32-16-17-33-60(56)67(64,49-25-9-3-10-26-49)50-27-11-4-12-28-50)52-38-40-57-55-31-15-20-36-63(55)68(65(57)45-52)61-34-18-13-29-53(61)54-30-14-19-35-62(54)68/h1-45H. The lowest BCUT2D eigenvalue weighted by Gasteiger charge is -2.34. The van der Waals surface area contributed by atoms with Crippen LogP contribution in [0.1, 0.15) is 44.5 Å². The van der Waals surface area contributed by atoms with Crippen LogP contribution in [0.25, 0.3) is 55.6 Å². The zero-order valence-electron chi connectivity index (χ0n) is 37.9. The molecule has 0 radical (unpaired) electrons. The minimum Gasteiger partial charge on any atom is -0.310 e. The van der Waals surface area contributed by atoms with Gasteiger partial charge in [-0.1, -0.05) is 237 Å². The monoisotopic (exact) mass is 875 g/mol. The van der Waals surface area contributed by atoms with Crippen LogP contribution in [0.3, 0.4) is 0 Å². The molecular formula is C68H45N. The zero-order chi connectivity index (χ0) is 45.5. The van der Waals surface area contributed by atoms with Gasteiger partial charge >= 0.3 is 0 Å². The van der Waals surface area contributed by atoms with Crippen LogP contribution in [0.4, 0.5) is 17.1 Å². The van der Waals surface area contributed by atoms with Crippen LogP contribution in [0.2, 0.25) is 0 Å². The first-order chi connectivity index (χ1) is 34.2. The maximum Gasteiger partial charge on any atom is 0.0726 e. The lowest BCUT2D eigenvalue weighted by molar-refractivity contribution is 0.768. The molecule has 11 aromatic carbocycles. The van der Waals surface area contributed by atoms with Crippen LogP contribution in [-0.2, 0) is 10.8 Å². The molecular weight excluding hydrogens is 831 g/mol. The Labute approximate surface area is 403 Å². The van der Waals surface area contributed by atoms with E-state index in [1.54, 1.807) is 0 Å². The fraction of sp³-hybridized carbons (Fsp3) is 0.0294. The molecule has 0 aliphatic heterocycles. The van der Waals surface area contributed by atoms with Crippen LogP contribution in [-0.4, -0.2) is 0 Å². The maximum atomic E-state index is 2.54. The summed E-state index contributed by atoms with van der Waals surface area (Å²) in [5.41, 5.74) is 25.1. The molecule has 322 valence electrons. The molecule has 1 spiro atoms. The van der Waals surface area contributed by atoms with E-state index in [2.05, 4.69) is 278 Å². The molecule has 0 unspecified atom stereocenters. The van der Waals surface area contributed by atoms with Crippen LogP contribution < -0.4 is 4.90 Å². The molecule has 0 amide bonds. The summed E-state index contributed by atoms with van der Waals surface area (Å²) in [4.78, 5) is 2.54. The summed E-state index contributed by atoms with van der Waals surface area (Å²) in [5.74, 6) is 0. The highest BCUT2D eigenvalue weighted by Gasteiger charge is 2.52. The fourth-order valence-corrected chi connectivity index (χ4v) is 12.6. The lowest BCUT2D eigenvalue weighted by atomic mass is 9.68. The molecule has 1 heteroatoms. The van der Waals surface area contributed by atoms with E-state index < -0.39 is 10.8 Å². The van der Waals surface area contributed by atoms with Gasteiger partial charge in [0, 0.05) is 16.9 Å². The summed E-state index contributed by atoms with van der Waals surface area (Å²) < 4.78 is 0. The van der Waals surface area contributed by atoms with Gasteiger partial charge in [-0.05, 0) is 131 Å². The molecule has 0 saturated heterocycles. The van der Waals surface area contributed by atoms with E-state index in [1.165, 1.54) is 89.0 Å². The van der Waals surface area contributed by atoms with E-state index >= 15 is 0 Å². The second kappa shape index (κ2) is 15.4. The van der Waals surface area contributed by atoms with Crippen molar-refractivity contribution in [2.24, 2.45) is 0 Å². The lowest BCUT2D eigenvalue weighted by Crippen LogP contribution is -2.28. The van der Waals surface area contributed by atoms with Crippen molar-refractivity contribution in [2.45, 2.75) is 10.8 Å². The van der Waals surface area contributed by atoms with Gasteiger partial charge in [0.15, 0.2) is 0 Å². The number of hydrogen-bond donors (Lipinski definition) is 0. The predicted molar refractivity (Wildman–Crippen MR) is 286 cm³/mol. The Kier molecular flexibility index (Phi) is 8.78. The van der Waals surface area contributed by atoms with Crippen molar-refractivity contribution in [3.05, 3.63) is 317 Å². The number of benzene rings is 11. The molecule has 14 rings (SSSR count). The van der Waals surface area contributed by atoms with Gasteiger partial charge in [0.1, 0.15) is 0 Å². The van der Waals surface area contributed by atoms with Gasteiger partial charge in [-0.3, -0.25) is 0 Å². The molecule has 0 fully saturated rings. The van der Waals surface area contributed by atoms with Crippen LogP contribution in [0.5, 0.6) is 0 Å². The third-order valence-corrected chi connectivity index (χ3v) is 15.4. The smallest absolute Gasteiger partial charge is 0.0726 e. The van der Waals surface area contributed by atoms with Gasteiger partial charge in [-0.15, -0.1) is 0 Å². The summed E-state index contributed by atoms with van der Waals surface area (Å²) in [6, 6.07) is 102. The van der Waals surface area contributed by atoms with E-state index in [9.17, 15) is 0 Å². The second-order valence-electron chi connectivity index (χ2n) is 18.7. The van der Waals surface area contributed by atoms with Crippen molar-refractivity contribution in [1.29, 1.82) is 0 Å². The minimum atomic E-state index is -0.501. The largest absolute Gasteiger partial charge is 0.310 e. The molecule has 1 nitrogen and oxygen atoms in total. The van der Waals surface area contributed by atoms with E-state index in [-0.39, 0.29) is 0 Å². The molecule has 0 atom stereocenters. The van der Waals surface area contributed by atoms with E-state index in [0.29, 0.717) is 0 Å². The van der Waals surface area contributed by atoms with Crippen LogP contribution in [0, 0.1) is 0 Å². The fourth-order valence-electron chi connectivity index (χ4n) is 12.6. The number of rotatable bonds is 7. The average molecular weight is 876 g/mol. The van der Waals surface area contributed by atoms with E-state index in [0.717, 1.165) is 28.2 Å². The van der Waals surface area contributed by atoms with Gasteiger partial charge in [0.25, 0.3) is 0 Å². The van der Waals surface area contributed by atoms with Gasteiger partial charge in [0.2, 0.25) is 0 Å². The average Bonchev–Trinajstić information content (AvgIpc) is 4.02. The zero-order valence-corrected chi connectivity index (χ0v) is 37.9. The van der Waals surface area contributed by atoms with Gasteiger partial charge in [-0.2, -0.15) is 0 Å². The Morgan fingerprint density at radius 1 is 0.217 bits per heavy atom. The topological polar surface area (TPSA) is 3.24 Å². The Balaban J connectivity index is 1.06. The third-order valence-electron chi connectivity index (χ3n) is 15.4. The highest BCUT2D eigenvalue weighted by atomic mass is 15.1. The molecule has 0 bridgehead atoms. The van der Waals surface area contributed by atoms with Crippen molar-refractivity contribution in [3.63, 3.8) is 0 Å². The van der Waals surface area contributed by atoms with Crippen LogP contribution in [0.15, 0.2) is 273 Å². The van der Waals surface area contributed by atoms with E-state index in [4.69, 9.17) is 0 Å². The molecule has 0 heterocycles. The molecule has 11 aromatic rings. The summed E-state index contributed by atoms with van der Waals surface area (Å²) in [7, 11) is 0. The first-order valence-electron chi connectivity index (χ1n) is 24.1. The number of hydrogen-bond acceptors (Lipinski definition) is 1. The Bertz CT molecular complexity index is 3670. The minimum absolute atomic E-state index is 0.484. The van der Waals surface area contributed by atoms with Gasteiger partial charge in [-0.25, -0.2) is 0 Å². The molecule has 69 heavy (non-hydrogen) atoms. The quantitative estimate of drug-likeness (QED) is 0.154. The summed E-state index contributed by atoms with van der Waals surface area (Å²) in [5, 5.41) is 0. The van der Waals surface area contributed by atoms with Crippen LogP contribution >= 0.6 is 0 Å². The normalized spacial score (nSPS) is 13.7. The second-order valence-corrected chi connectivity index (χ2v) is 18.7. The van der Waals surface area contributed by atoms with Gasteiger partial charge in [0.05, 0.1) is 16.5 Å². The first kappa shape index (κ1) is 39.4. The summed E-state index contributed by atoms with van der Waals surface area (Å²) in [6.45, 7) is 0. The molecule has 3 aliphatic rings. The van der Waals surface area contributed by atoms with Crippen molar-refractivity contribution in [1.82, 2.24) is 0 Å². The molecule has 3 aliphatic carbocycles. The van der Waals surface area contributed by atoms with Crippen molar-refractivity contribution in [3.8, 4) is 55.6 Å². The first-order valence-corrected chi connectivity index (χ1v) is 24.1. The van der Waals surface area contributed by atoms with Crippen molar-refractivity contribution < 1.29 is 0 Å². The number of fused-ring (bicyclic) bond motifs is 13.